The molecule has 0 rings (SSSR count). The predicted molar refractivity (Wildman–Crippen MR) is 220 cm³/mol. The summed E-state index contributed by atoms with van der Waals surface area (Å²) < 4.78 is 26.3. The molecule has 2 N–H and O–H groups in total. The molecule has 9 heteroatoms. The maximum absolute atomic E-state index is 12.4. The number of phosphoric acid groups is 1. The summed E-state index contributed by atoms with van der Waals surface area (Å²) >= 11 is 0. The van der Waals surface area contributed by atoms with E-state index in [1.807, 2.05) is 12.2 Å². The summed E-state index contributed by atoms with van der Waals surface area (Å²) in [5, 5.41) is 0. The Morgan fingerprint density at radius 1 is 0.509 bits per heavy atom. The zero-order chi connectivity index (χ0) is 38.9. The lowest BCUT2D eigenvalue weighted by Gasteiger charge is -2.18. The number of carbonyl (C=O) groups is 2. The van der Waals surface area contributed by atoms with Crippen molar-refractivity contribution in [1.29, 1.82) is 0 Å². The molecule has 8 nitrogen and oxygen atoms in total. The van der Waals surface area contributed by atoms with Gasteiger partial charge in [0.05, 0.1) is 6.61 Å². The molecule has 1 atom stereocenters. The fraction of sp³-hybridized carbons (Fsp3) is 0.682. The minimum Gasteiger partial charge on any atom is -0.462 e. The standard InChI is InChI=1S/C44H75O8P/c1-3-5-7-9-11-13-15-17-19-21-22-23-25-27-29-31-33-35-37-39-44(46)52-42(41-51-53(47,48)49)40-50-43(45)38-36-34-32-30-28-26-24-20-18-16-14-12-10-8-6-4-2/h5,7,11,13,17,19,22-23,27,29,33,35,42H,3-4,6,8-10,12,14-16,18,20-21,24-26,28,30-32,34,36-41H2,1-2H3,(H2,47,48,49)/b7-5-,13-11-,19-17-,23-22-,29-27-,35-33-/t42-/m1/s1. The molecule has 0 bridgehead atoms. The first-order valence-electron chi connectivity index (χ1n) is 20.7. The number of rotatable bonds is 37. The summed E-state index contributed by atoms with van der Waals surface area (Å²) in [6.45, 7) is 3.51. The van der Waals surface area contributed by atoms with Gasteiger partial charge in [0.25, 0.3) is 0 Å². The summed E-state index contributed by atoms with van der Waals surface area (Å²) in [5.74, 6) is -0.983. The SMILES string of the molecule is CC/C=C\C/C=C\C/C=C\C/C=C\C/C=C\C/C=C\CCC(=O)O[C@H](COC(=O)CCCCCCCCCCCCCCCCCC)COP(=O)(O)O. The second-order valence-electron chi connectivity index (χ2n) is 13.6. The Bertz CT molecular complexity index is 1080. The maximum atomic E-state index is 12.4. The Hall–Kier alpha value is -2.51. The second kappa shape index (κ2) is 39.2. The molecule has 0 aliphatic heterocycles. The Balaban J connectivity index is 4.06. The van der Waals surface area contributed by atoms with Crippen LogP contribution in [-0.2, 0) is 28.2 Å². The Labute approximate surface area is 323 Å². The molecular formula is C44H75O8P. The van der Waals surface area contributed by atoms with Gasteiger partial charge >= 0.3 is 19.8 Å². The van der Waals surface area contributed by atoms with Crippen molar-refractivity contribution >= 4 is 19.8 Å². The highest BCUT2D eigenvalue weighted by Crippen LogP contribution is 2.36. The summed E-state index contributed by atoms with van der Waals surface area (Å²) in [6.07, 6.45) is 50.6. The van der Waals surface area contributed by atoms with Crippen molar-refractivity contribution in [2.75, 3.05) is 13.2 Å². The van der Waals surface area contributed by atoms with Gasteiger partial charge in [-0.15, -0.1) is 0 Å². The average molecular weight is 763 g/mol. The number of unbranched alkanes of at least 4 members (excludes halogenated alkanes) is 15. The van der Waals surface area contributed by atoms with Crippen LogP contribution in [0.3, 0.4) is 0 Å². The first-order chi connectivity index (χ1) is 25.8. The van der Waals surface area contributed by atoms with Crippen LogP contribution >= 0.6 is 7.82 Å². The van der Waals surface area contributed by atoms with Crippen molar-refractivity contribution in [1.82, 2.24) is 0 Å². The quantitative estimate of drug-likeness (QED) is 0.0278. The van der Waals surface area contributed by atoms with Crippen LogP contribution in [-0.4, -0.2) is 41.0 Å². The lowest BCUT2D eigenvalue weighted by Crippen LogP contribution is -2.29. The molecule has 0 saturated heterocycles. The Morgan fingerprint density at radius 2 is 0.906 bits per heavy atom. The second-order valence-corrected chi connectivity index (χ2v) is 14.8. The topological polar surface area (TPSA) is 119 Å². The van der Waals surface area contributed by atoms with Gasteiger partial charge in [0.15, 0.2) is 6.10 Å². The highest BCUT2D eigenvalue weighted by molar-refractivity contribution is 7.46. The summed E-state index contributed by atoms with van der Waals surface area (Å²) in [5.41, 5.74) is 0. The van der Waals surface area contributed by atoms with Gasteiger partial charge in [-0.1, -0.05) is 183 Å². The molecule has 0 spiro atoms. The number of esters is 2. The van der Waals surface area contributed by atoms with Crippen molar-refractivity contribution in [3.63, 3.8) is 0 Å². The van der Waals surface area contributed by atoms with E-state index in [1.54, 1.807) is 0 Å². The highest BCUT2D eigenvalue weighted by Gasteiger charge is 2.22. The average Bonchev–Trinajstić information content (AvgIpc) is 3.13. The molecule has 0 amide bonds. The summed E-state index contributed by atoms with van der Waals surface area (Å²) in [6, 6.07) is 0. The van der Waals surface area contributed by atoms with E-state index in [-0.39, 0.29) is 19.4 Å². The van der Waals surface area contributed by atoms with E-state index in [4.69, 9.17) is 19.3 Å². The minimum absolute atomic E-state index is 0.0850. The van der Waals surface area contributed by atoms with Crippen LogP contribution < -0.4 is 0 Å². The molecule has 0 aliphatic rings. The molecule has 304 valence electrons. The third-order valence-electron chi connectivity index (χ3n) is 8.50. The van der Waals surface area contributed by atoms with Gasteiger partial charge in [0.1, 0.15) is 6.61 Å². The van der Waals surface area contributed by atoms with Crippen LogP contribution in [0.15, 0.2) is 72.9 Å². The van der Waals surface area contributed by atoms with Crippen molar-refractivity contribution in [2.45, 2.75) is 180 Å². The number of allylic oxidation sites excluding steroid dienone is 12. The number of hydrogen-bond acceptors (Lipinski definition) is 6. The van der Waals surface area contributed by atoms with E-state index in [1.165, 1.54) is 83.5 Å². The van der Waals surface area contributed by atoms with Gasteiger partial charge in [0.2, 0.25) is 0 Å². The monoisotopic (exact) mass is 763 g/mol. The van der Waals surface area contributed by atoms with E-state index in [0.29, 0.717) is 12.8 Å². The molecule has 0 heterocycles. The van der Waals surface area contributed by atoms with Crippen LogP contribution in [0, 0.1) is 0 Å². The molecule has 53 heavy (non-hydrogen) atoms. The molecule has 0 saturated carbocycles. The van der Waals surface area contributed by atoms with E-state index < -0.39 is 32.5 Å². The highest BCUT2D eigenvalue weighted by atomic mass is 31.2. The minimum atomic E-state index is -4.78. The third-order valence-corrected chi connectivity index (χ3v) is 8.99. The zero-order valence-electron chi connectivity index (χ0n) is 33.4. The summed E-state index contributed by atoms with van der Waals surface area (Å²) in [7, 11) is -4.78. The van der Waals surface area contributed by atoms with E-state index in [9.17, 15) is 14.2 Å². The first kappa shape index (κ1) is 50.5. The van der Waals surface area contributed by atoms with E-state index in [0.717, 1.165) is 51.4 Å². The lowest BCUT2D eigenvalue weighted by molar-refractivity contribution is -0.161. The van der Waals surface area contributed by atoms with Crippen molar-refractivity contribution in [3.8, 4) is 0 Å². The van der Waals surface area contributed by atoms with Crippen molar-refractivity contribution in [3.05, 3.63) is 72.9 Å². The van der Waals surface area contributed by atoms with Crippen molar-refractivity contribution in [2.24, 2.45) is 0 Å². The molecule has 0 aromatic carbocycles. The van der Waals surface area contributed by atoms with Crippen LogP contribution in [0.4, 0.5) is 0 Å². The van der Waals surface area contributed by atoms with Crippen LogP contribution in [0.5, 0.6) is 0 Å². The third kappa shape index (κ3) is 42.1. The van der Waals surface area contributed by atoms with Crippen LogP contribution in [0.1, 0.15) is 174 Å². The number of ether oxygens (including phenoxy) is 2. The summed E-state index contributed by atoms with van der Waals surface area (Å²) in [4.78, 5) is 42.8. The van der Waals surface area contributed by atoms with Gasteiger partial charge in [-0.05, 0) is 51.4 Å². The number of carbonyl (C=O) groups excluding carboxylic acids is 2. The Kier molecular flexibility index (Phi) is 37.3. The molecule has 0 aromatic rings. The molecule has 0 unspecified atom stereocenters. The van der Waals surface area contributed by atoms with Crippen LogP contribution in [0.2, 0.25) is 0 Å². The first-order valence-corrected chi connectivity index (χ1v) is 22.3. The predicted octanol–water partition coefficient (Wildman–Crippen LogP) is 12.7. The molecular weight excluding hydrogens is 687 g/mol. The van der Waals surface area contributed by atoms with Crippen LogP contribution in [0.25, 0.3) is 0 Å². The lowest BCUT2D eigenvalue weighted by atomic mass is 10.0. The fourth-order valence-corrected chi connectivity index (χ4v) is 5.82. The van der Waals surface area contributed by atoms with Crippen molar-refractivity contribution < 1.29 is 37.9 Å². The molecule has 0 radical (unpaired) electrons. The largest absolute Gasteiger partial charge is 0.469 e. The van der Waals surface area contributed by atoms with Gasteiger partial charge in [-0.2, -0.15) is 0 Å². The maximum Gasteiger partial charge on any atom is 0.469 e. The normalized spacial score (nSPS) is 13.2. The van der Waals surface area contributed by atoms with Gasteiger partial charge in [-0.25, -0.2) is 4.57 Å². The molecule has 0 fully saturated rings. The van der Waals surface area contributed by atoms with E-state index in [2.05, 4.69) is 79.1 Å². The van der Waals surface area contributed by atoms with Gasteiger partial charge in [-0.3, -0.25) is 14.1 Å². The number of phosphoric ester groups is 1. The fourth-order valence-electron chi connectivity index (χ4n) is 5.46. The van der Waals surface area contributed by atoms with Gasteiger partial charge in [0, 0.05) is 12.8 Å². The smallest absolute Gasteiger partial charge is 0.462 e. The molecule has 0 aromatic heterocycles. The zero-order valence-corrected chi connectivity index (χ0v) is 34.3. The Morgan fingerprint density at radius 3 is 1.32 bits per heavy atom. The van der Waals surface area contributed by atoms with E-state index >= 15 is 0 Å². The molecule has 0 aliphatic carbocycles. The van der Waals surface area contributed by atoms with Gasteiger partial charge < -0.3 is 19.3 Å². The number of hydrogen-bond donors (Lipinski definition) is 2.